The smallest absolute Gasteiger partial charge is 0.372 e. The van der Waals surface area contributed by atoms with Gasteiger partial charge in [-0.15, -0.1) is 0 Å². The Balaban J connectivity index is 1.10. The minimum atomic E-state index is -4.19. The van der Waals surface area contributed by atoms with E-state index in [0.29, 0.717) is 41.9 Å². The predicted molar refractivity (Wildman–Crippen MR) is 181 cm³/mol. The summed E-state index contributed by atoms with van der Waals surface area (Å²) in [5.74, 6) is 2.17. The van der Waals surface area contributed by atoms with Crippen LogP contribution in [0.5, 0.6) is 0 Å². The summed E-state index contributed by atoms with van der Waals surface area (Å²) in [5.41, 5.74) is 2.66. The quantitative estimate of drug-likeness (QED) is 0.224. The molecule has 0 aromatic rings. The molecule has 2 heterocycles. The molecule has 0 amide bonds. The third-order valence-electron chi connectivity index (χ3n) is 14.1. The molecule has 0 radical (unpaired) electrons. The molecule has 2 saturated heterocycles. The van der Waals surface area contributed by atoms with E-state index < -0.39 is 18.3 Å². The summed E-state index contributed by atoms with van der Waals surface area (Å²) in [6, 6.07) is 1.06. The first-order valence-electron chi connectivity index (χ1n) is 19.0. The van der Waals surface area contributed by atoms with Crippen molar-refractivity contribution in [2.45, 2.75) is 148 Å². The van der Waals surface area contributed by atoms with Gasteiger partial charge in [0.15, 0.2) is 0 Å². The monoisotopic (exact) mass is 645 g/mol. The Bertz CT molecular complexity index is 1110. The van der Waals surface area contributed by atoms with E-state index >= 15 is 0 Å². The number of piperidine rings is 1. The summed E-state index contributed by atoms with van der Waals surface area (Å²) in [6.45, 7) is 14.6. The predicted octanol–water partition coefficient (Wildman–Crippen LogP) is 9.16. The summed E-state index contributed by atoms with van der Waals surface area (Å²) in [7, 11) is 0. The van der Waals surface area contributed by atoms with Gasteiger partial charge in [-0.3, -0.25) is 15.2 Å². The SMILES string of the molecule is C=C1CCC(C2CCC3C(C)NC(C4CC(C(O)N=CC5CC(C6=CCC(C)C(C)C6)CC(C(F)(F)F)C5)CCC4C)N3C2)CC1. The fourth-order valence-corrected chi connectivity index (χ4v) is 10.7. The van der Waals surface area contributed by atoms with Crippen molar-refractivity contribution in [2.75, 3.05) is 6.54 Å². The number of fused-ring (bicyclic) bond motifs is 1. The maximum absolute atomic E-state index is 14.1. The van der Waals surface area contributed by atoms with E-state index in [1.807, 2.05) is 0 Å². The zero-order valence-corrected chi connectivity index (χ0v) is 29.0. The molecule has 0 bridgehead atoms. The third-order valence-corrected chi connectivity index (χ3v) is 14.1. The van der Waals surface area contributed by atoms with Crippen molar-refractivity contribution in [2.24, 2.45) is 64.2 Å². The second-order valence-electron chi connectivity index (χ2n) is 17.1. The van der Waals surface area contributed by atoms with Gasteiger partial charge in [0.05, 0.1) is 12.1 Å². The van der Waals surface area contributed by atoms with Gasteiger partial charge in [0.1, 0.15) is 6.23 Å². The first-order valence-corrected chi connectivity index (χ1v) is 19.0. The number of nitrogens with one attached hydrogen (secondary N) is 1. The van der Waals surface area contributed by atoms with Crippen LogP contribution < -0.4 is 5.32 Å². The lowest BCUT2D eigenvalue weighted by molar-refractivity contribution is -0.186. The Morgan fingerprint density at radius 2 is 1.70 bits per heavy atom. The van der Waals surface area contributed by atoms with Crippen LogP contribution in [0.4, 0.5) is 13.2 Å². The maximum Gasteiger partial charge on any atom is 0.391 e. The van der Waals surface area contributed by atoms with E-state index in [0.717, 1.165) is 50.4 Å². The van der Waals surface area contributed by atoms with Crippen molar-refractivity contribution < 1.29 is 18.3 Å². The van der Waals surface area contributed by atoms with Crippen molar-refractivity contribution in [3.05, 3.63) is 23.8 Å². The summed E-state index contributed by atoms with van der Waals surface area (Å²) >= 11 is 0. The highest BCUT2D eigenvalue weighted by Crippen LogP contribution is 2.48. The number of hydrogen-bond acceptors (Lipinski definition) is 4. The zero-order valence-electron chi connectivity index (χ0n) is 29.0. The first-order chi connectivity index (χ1) is 21.9. The van der Waals surface area contributed by atoms with Gasteiger partial charge in [-0.2, -0.15) is 13.2 Å². The van der Waals surface area contributed by atoms with Crippen LogP contribution in [-0.4, -0.2) is 53.4 Å². The standard InChI is InChI=1S/C39H62F3N3O/c1-23-6-10-29(11-7-23)32-14-15-36-27(5)44-37(45(36)22-32)35-20-31(13-9-25(35)3)38(46)43-21-28-17-33(19-34(18-28)39(40,41)42)30-12-8-24(2)26(4)16-30/h12,21,24-29,31-38,44,46H,1,6-11,13-20,22H2,2-5H3. The summed E-state index contributed by atoms with van der Waals surface area (Å²) in [5, 5.41) is 15.4. The molecule has 6 aliphatic rings. The molecule has 5 fully saturated rings. The number of rotatable bonds is 6. The first kappa shape index (κ1) is 34.7. The summed E-state index contributed by atoms with van der Waals surface area (Å²) in [4.78, 5) is 7.47. The Kier molecular flexibility index (Phi) is 10.8. The molecule has 4 nitrogen and oxygen atoms in total. The van der Waals surface area contributed by atoms with Crippen LogP contribution in [0.15, 0.2) is 28.8 Å². The molecule has 0 spiro atoms. The van der Waals surface area contributed by atoms with Crippen LogP contribution in [0.25, 0.3) is 0 Å². The van der Waals surface area contributed by atoms with Gasteiger partial charge in [0.25, 0.3) is 0 Å². The minimum Gasteiger partial charge on any atom is -0.372 e. The molecule has 260 valence electrons. The van der Waals surface area contributed by atoms with Crippen LogP contribution >= 0.6 is 0 Å². The van der Waals surface area contributed by atoms with Gasteiger partial charge in [0.2, 0.25) is 0 Å². The normalized spacial score (nSPS) is 44.3. The molecule has 13 atom stereocenters. The minimum absolute atomic E-state index is 0.0343. The molecular weight excluding hydrogens is 583 g/mol. The van der Waals surface area contributed by atoms with Gasteiger partial charge in [-0.1, -0.05) is 44.6 Å². The van der Waals surface area contributed by atoms with Crippen LogP contribution in [0, 0.1) is 59.2 Å². The second-order valence-corrected chi connectivity index (χ2v) is 17.1. The average Bonchev–Trinajstić information content (AvgIpc) is 3.36. The number of aliphatic hydroxyl groups is 1. The average molecular weight is 646 g/mol. The molecule has 6 rings (SSSR count). The number of hydrogen-bond donors (Lipinski definition) is 2. The van der Waals surface area contributed by atoms with E-state index in [9.17, 15) is 18.3 Å². The molecular formula is C39H62F3N3O. The lowest BCUT2D eigenvalue weighted by Crippen LogP contribution is -2.52. The van der Waals surface area contributed by atoms with E-state index in [-0.39, 0.29) is 30.6 Å². The van der Waals surface area contributed by atoms with Crippen molar-refractivity contribution in [1.29, 1.82) is 0 Å². The van der Waals surface area contributed by atoms with Gasteiger partial charge < -0.3 is 5.11 Å². The van der Waals surface area contributed by atoms with Gasteiger partial charge >= 0.3 is 6.18 Å². The number of aliphatic hydroxyl groups excluding tert-OH is 1. The second kappa shape index (κ2) is 14.4. The van der Waals surface area contributed by atoms with E-state index in [2.05, 4.69) is 55.6 Å². The molecule has 2 aliphatic heterocycles. The zero-order chi connectivity index (χ0) is 32.7. The molecule has 0 aromatic carbocycles. The molecule has 0 aromatic heterocycles. The van der Waals surface area contributed by atoms with Crippen molar-refractivity contribution >= 4 is 6.21 Å². The van der Waals surface area contributed by atoms with Crippen LogP contribution in [0.2, 0.25) is 0 Å². The topological polar surface area (TPSA) is 47.9 Å². The molecule has 3 saturated carbocycles. The molecule has 46 heavy (non-hydrogen) atoms. The summed E-state index contributed by atoms with van der Waals surface area (Å²) < 4.78 is 42.2. The summed E-state index contributed by atoms with van der Waals surface area (Å²) in [6.07, 6.45) is 12.6. The van der Waals surface area contributed by atoms with Crippen molar-refractivity contribution in [1.82, 2.24) is 10.2 Å². The van der Waals surface area contributed by atoms with E-state index in [1.54, 1.807) is 6.21 Å². The molecule has 7 heteroatoms. The van der Waals surface area contributed by atoms with Gasteiger partial charge in [-0.05, 0) is 144 Å². The molecule has 2 N–H and O–H groups in total. The van der Waals surface area contributed by atoms with Gasteiger partial charge in [-0.25, -0.2) is 0 Å². The Morgan fingerprint density at radius 1 is 0.935 bits per heavy atom. The number of aliphatic imine (C=N–C) groups is 1. The largest absolute Gasteiger partial charge is 0.391 e. The highest BCUT2D eigenvalue weighted by Gasteiger charge is 2.49. The third kappa shape index (κ3) is 7.67. The van der Waals surface area contributed by atoms with Crippen molar-refractivity contribution in [3.63, 3.8) is 0 Å². The number of nitrogens with zero attached hydrogens (tertiary/aromatic N) is 2. The van der Waals surface area contributed by atoms with Crippen molar-refractivity contribution in [3.8, 4) is 0 Å². The molecule has 13 unspecified atom stereocenters. The number of allylic oxidation sites excluding steroid dienone is 3. The lowest BCUT2D eigenvalue weighted by Gasteiger charge is -2.46. The maximum atomic E-state index is 14.1. The lowest BCUT2D eigenvalue weighted by atomic mass is 9.68. The Morgan fingerprint density at radius 3 is 2.41 bits per heavy atom. The van der Waals surface area contributed by atoms with Crippen LogP contribution in [-0.2, 0) is 0 Å². The fraction of sp³-hybridized carbons (Fsp3) is 0.872. The van der Waals surface area contributed by atoms with Crippen LogP contribution in [0.3, 0.4) is 0 Å². The Hall–Kier alpha value is -1.18. The van der Waals surface area contributed by atoms with Gasteiger partial charge in [0, 0.05) is 30.8 Å². The van der Waals surface area contributed by atoms with E-state index in [4.69, 9.17) is 0 Å². The Labute approximate surface area is 277 Å². The highest BCUT2D eigenvalue weighted by atomic mass is 19.4. The highest BCUT2D eigenvalue weighted by molar-refractivity contribution is 5.61. The van der Waals surface area contributed by atoms with Crippen LogP contribution in [0.1, 0.15) is 118 Å². The fourth-order valence-electron chi connectivity index (χ4n) is 10.7. The molecule has 4 aliphatic carbocycles. The number of alkyl halides is 3. The van der Waals surface area contributed by atoms with E-state index in [1.165, 1.54) is 56.2 Å². The number of halogens is 3.